The number of carbonyl (C=O) groups is 2. The average molecular weight is 486 g/mol. The summed E-state index contributed by atoms with van der Waals surface area (Å²) in [5, 5.41) is 10.4. The molecule has 0 fully saturated rings. The topological polar surface area (TPSA) is 79.3 Å². The number of carbonyl (C=O) groups excluding carboxylic acids is 2. The van der Waals surface area contributed by atoms with E-state index in [4.69, 9.17) is 0 Å². The van der Waals surface area contributed by atoms with Crippen LogP contribution in [0.4, 0.5) is 20.7 Å². The number of hydrogen-bond acceptors (Lipinski definition) is 3. The van der Waals surface area contributed by atoms with Crippen LogP contribution in [0.25, 0.3) is 16.9 Å². The van der Waals surface area contributed by atoms with Gasteiger partial charge >= 0.3 is 6.03 Å². The van der Waals surface area contributed by atoms with Gasteiger partial charge in [0, 0.05) is 23.9 Å². The summed E-state index contributed by atoms with van der Waals surface area (Å²) < 4.78 is 15.1. The normalized spacial score (nSPS) is 10.6. The molecule has 0 spiro atoms. The number of hydrogen-bond donors (Lipinski definition) is 2. The number of rotatable bonds is 8. The molecule has 0 saturated heterocycles. The van der Waals surface area contributed by atoms with Gasteiger partial charge in [-0.3, -0.25) is 4.79 Å². The van der Waals surface area contributed by atoms with Crippen LogP contribution >= 0.6 is 0 Å². The maximum Gasteiger partial charge on any atom is 0.322 e. The highest BCUT2D eigenvalue weighted by Gasteiger charge is 2.19. The third kappa shape index (κ3) is 6.15. The SMILES string of the molecule is CCCN(CC(=O)Nc1cc(-c2ccccc2)nn1-c1ccc(F)cc1)C(=O)Nc1ccc(C)cc1. The van der Waals surface area contributed by atoms with E-state index in [9.17, 15) is 14.0 Å². The molecule has 7 nitrogen and oxygen atoms in total. The Bertz CT molecular complexity index is 1320. The van der Waals surface area contributed by atoms with Crippen molar-refractivity contribution in [3.8, 4) is 16.9 Å². The van der Waals surface area contributed by atoms with Gasteiger partial charge in [-0.05, 0) is 49.7 Å². The Labute approximate surface area is 209 Å². The van der Waals surface area contributed by atoms with Crippen LogP contribution in [0.3, 0.4) is 0 Å². The summed E-state index contributed by atoms with van der Waals surface area (Å²) in [6.45, 7) is 4.19. The minimum Gasteiger partial charge on any atom is -0.315 e. The number of benzene rings is 3. The van der Waals surface area contributed by atoms with E-state index >= 15 is 0 Å². The lowest BCUT2D eigenvalue weighted by molar-refractivity contribution is -0.116. The first kappa shape index (κ1) is 24.7. The largest absolute Gasteiger partial charge is 0.322 e. The number of aromatic nitrogens is 2. The molecule has 36 heavy (non-hydrogen) atoms. The van der Waals surface area contributed by atoms with Crippen LogP contribution < -0.4 is 10.6 Å². The molecule has 8 heteroatoms. The van der Waals surface area contributed by atoms with Crippen LogP contribution in [0.15, 0.2) is 84.9 Å². The first-order valence-corrected chi connectivity index (χ1v) is 11.8. The fourth-order valence-corrected chi connectivity index (χ4v) is 3.72. The van der Waals surface area contributed by atoms with Gasteiger partial charge in [-0.25, -0.2) is 13.9 Å². The van der Waals surface area contributed by atoms with Gasteiger partial charge in [-0.15, -0.1) is 0 Å². The molecule has 0 radical (unpaired) electrons. The van der Waals surface area contributed by atoms with Crippen LogP contribution in [0.5, 0.6) is 0 Å². The molecule has 2 N–H and O–H groups in total. The first-order chi connectivity index (χ1) is 17.4. The van der Waals surface area contributed by atoms with Gasteiger partial charge in [0.2, 0.25) is 5.91 Å². The summed E-state index contributed by atoms with van der Waals surface area (Å²) >= 11 is 0. The van der Waals surface area contributed by atoms with E-state index in [1.165, 1.54) is 17.0 Å². The van der Waals surface area contributed by atoms with E-state index in [1.807, 2.05) is 68.4 Å². The molecule has 3 aromatic carbocycles. The predicted molar refractivity (Wildman–Crippen MR) is 140 cm³/mol. The zero-order valence-corrected chi connectivity index (χ0v) is 20.2. The molecular weight excluding hydrogens is 457 g/mol. The molecule has 0 bridgehead atoms. The van der Waals surface area contributed by atoms with Crippen molar-refractivity contribution < 1.29 is 14.0 Å². The minimum atomic E-state index is -0.370. The molecule has 0 aliphatic carbocycles. The molecule has 4 aromatic rings. The van der Waals surface area contributed by atoms with Gasteiger partial charge in [-0.2, -0.15) is 5.10 Å². The number of aryl methyl sites for hydroxylation is 1. The monoisotopic (exact) mass is 485 g/mol. The highest BCUT2D eigenvalue weighted by Crippen LogP contribution is 2.25. The average Bonchev–Trinajstić information content (AvgIpc) is 3.29. The molecule has 0 atom stereocenters. The molecule has 4 rings (SSSR count). The Morgan fingerprint density at radius 1 is 0.944 bits per heavy atom. The summed E-state index contributed by atoms with van der Waals surface area (Å²) in [5.41, 5.74) is 3.87. The lowest BCUT2D eigenvalue weighted by atomic mass is 10.1. The van der Waals surface area contributed by atoms with Crippen molar-refractivity contribution in [1.82, 2.24) is 14.7 Å². The second kappa shape index (κ2) is 11.3. The van der Waals surface area contributed by atoms with E-state index < -0.39 is 0 Å². The zero-order valence-electron chi connectivity index (χ0n) is 20.2. The zero-order chi connectivity index (χ0) is 25.5. The second-order valence-corrected chi connectivity index (χ2v) is 8.43. The molecule has 3 amide bonds. The van der Waals surface area contributed by atoms with Crippen LogP contribution in [0, 0.1) is 12.7 Å². The summed E-state index contributed by atoms with van der Waals surface area (Å²) in [6.07, 6.45) is 0.695. The van der Waals surface area contributed by atoms with Crippen molar-refractivity contribution in [2.45, 2.75) is 20.3 Å². The third-order valence-corrected chi connectivity index (χ3v) is 5.54. The Morgan fingerprint density at radius 2 is 1.64 bits per heavy atom. The summed E-state index contributed by atoms with van der Waals surface area (Å²) in [5.74, 6) is -0.319. The fourth-order valence-electron chi connectivity index (χ4n) is 3.72. The summed E-state index contributed by atoms with van der Waals surface area (Å²) in [4.78, 5) is 27.4. The number of anilines is 2. The predicted octanol–water partition coefficient (Wildman–Crippen LogP) is 5.87. The van der Waals surface area contributed by atoms with Gasteiger partial charge < -0.3 is 15.5 Å². The summed E-state index contributed by atoms with van der Waals surface area (Å²) in [7, 11) is 0. The number of nitrogens with zero attached hydrogens (tertiary/aromatic N) is 3. The first-order valence-electron chi connectivity index (χ1n) is 11.8. The van der Waals surface area contributed by atoms with Crippen LogP contribution in [0.2, 0.25) is 0 Å². The van der Waals surface area contributed by atoms with E-state index in [-0.39, 0.29) is 24.3 Å². The molecular formula is C28H28FN5O2. The van der Waals surface area contributed by atoms with Crippen LogP contribution in [-0.4, -0.2) is 39.7 Å². The van der Waals surface area contributed by atoms with Crippen molar-refractivity contribution in [2.24, 2.45) is 0 Å². The van der Waals surface area contributed by atoms with Gasteiger partial charge in [0.25, 0.3) is 0 Å². The van der Waals surface area contributed by atoms with E-state index in [0.717, 1.165) is 11.1 Å². The molecule has 0 aliphatic rings. The van der Waals surface area contributed by atoms with Crippen molar-refractivity contribution >= 4 is 23.4 Å². The Kier molecular flexibility index (Phi) is 7.75. The van der Waals surface area contributed by atoms with Gasteiger partial charge in [0.05, 0.1) is 11.4 Å². The smallest absolute Gasteiger partial charge is 0.315 e. The van der Waals surface area contributed by atoms with Crippen molar-refractivity contribution in [2.75, 3.05) is 23.7 Å². The number of amides is 3. The van der Waals surface area contributed by atoms with Crippen molar-refractivity contribution in [1.29, 1.82) is 0 Å². The molecule has 1 heterocycles. The Hall–Kier alpha value is -4.46. The minimum absolute atomic E-state index is 0.138. The Morgan fingerprint density at radius 3 is 2.31 bits per heavy atom. The van der Waals surface area contributed by atoms with Crippen molar-refractivity contribution in [3.63, 3.8) is 0 Å². The van der Waals surface area contributed by atoms with E-state index in [1.54, 1.807) is 22.9 Å². The second-order valence-electron chi connectivity index (χ2n) is 8.43. The quantitative estimate of drug-likeness (QED) is 0.328. The van der Waals surface area contributed by atoms with E-state index in [2.05, 4.69) is 15.7 Å². The maximum atomic E-state index is 13.5. The van der Waals surface area contributed by atoms with Crippen LogP contribution in [-0.2, 0) is 4.79 Å². The van der Waals surface area contributed by atoms with Crippen LogP contribution in [0.1, 0.15) is 18.9 Å². The number of nitrogens with one attached hydrogen (secondary N) is 2. The highest BCUT2D eigenvalue weighted by molar-refractivity contribution is 5.97. The molecule has 184 valence electrons. The van der Waals surface area contributed by atoms with Crippen molar-refractivity contribution in [3.05, 3.63) is 96.3 Å². The summed E-state index contributed by atoms with van der Waals surface area (Å²) in [6, 6.07) is 24.3. The lowest BCUT2D eigenvalue weighted by Crippen LogP contribution is -2.41. The van der Waals surface area contributed by atoms with Gasteiger partial charge in [0.15, 0.2) is 0 Å². The van der Waals surface area contributed by atoms with Gasteiger partial charge in [-0.1, -0.05) is 55.0 Å². The molecule has 0 saturated carbocycles. The molecule has 1 aromatic heterocycles. The third-order valence-electron chi connectivity index (χ3n) is 5.54. The maximum absolute atomic E-state index is 13.5. The number of halogens is 1. The highest BCUT2D eigenvalue weighted by atomic mass is 19.1. The Balaban J connectivity index is 1.54. The lowest BCUT2D eigenvalue weighted by Gasteiger charge is -2.22. The number of urea groups is 1. The molecule has 0 unspecified atom stereocenters. The fraction of sp³-hybridized carbons (Fsp3) is 0.179. The molecule has 0 aliphatic heterocycles. The van der Waals surface area contributed by atoms with E-state index in [0.29, 0.717) is 35.9 Å². The standard InChI is InChI=1S/C28H28FN5O2/c1-3-17-33(28(36)30-23-13-9-20(2)10-14-23)19-27(35)31-26-18-25(21-7-5-4-6-8-21)32-34(26)24-15-11-22(29)12-16-24/h4-16,18H,3,17,19H2,1-2H3,(H,30,36)(H,31,35). The van der Waals surface area contributed by atoms with Gasteiger partial charge in [0.1, 0.15) is 18.2 Å².